The fourth-order valence-electron chi connectivity index (χ4n) is 1.04. The van der Waals surface area contributed by atoms with Gasteiger partial charge in [-0.2, -0.15) is 0 Å². The molecule has 0 aliphatic heterocycles. The van der Waals surface area contributed by atoms with Gasteiger partial charge in [0.05, 0.1) is 0 Å². The zero-order valence-corrected chi connectivity index (χ0v) is 8.94. The summed E-state index contributed by atoms with van der Waals surface area (Å²) in [5.41, 5.74) is 0.341. The monoisotopic (exact) mass is 257 g/mol. The van der Waals surface area contributed by atoms with Crippen molar-refractivity contribution in [1.82, 2.24) is 4.98 Å². The third kappa shape index (κ3) is 2.26. The SMILES string of the molecule is OB(O)c1ccc(OC2CC2)nc1Br. The average Bonchev–Trinajstić information content (AvgIpc) is 2.87. The van der Waals surface area contributed by atoms with Crippen LogP contribution in [0.15, 0.2) is 16.7 Å². The minimum atomic E-state index is -1.51. The van der Waals surface area contributed by atoms with Gasteiger partial charge in [0.25, 0.3) is 0 Å². The number of ether oxygens (including phenoxy) is 1. The van der Waals surface area contributed by atoms with Crippen LogP contribution < -0.4 is 10.2 Å². The lowest BCUT2D eigenvalue weighted by Crippen LogP contribution is -2.31. The normalized spacial score (nSPS) is 15.4. The molecule has 1 aromatic heterocycles. The molecule has 0 unspecified atom stereocenters. The van der Waals surface area contributed by atoms with E-state index in [1.807, 2.05) is 0 Å². The van der Waals surface area contributed by atoms with Gasteiger partial charge in [-0.15, -0.1) is 0 Å². The lowest BCUT2D eigenvalue weighted by molar-refractivity contribution is 0.290. The van der Waals surface area contributed by atoms with E-state index in [1.54, 1.807) is 12.1 Å². The molecule has 0 saturated heterocycles. The van der Waals surface area contributed by atoms with Gasteiger partial charge in [0.15, 0.2) is 0 Å². The van der Waals surface area contributed by atoms with Gasteiger partial charge in [0.1, 0.15) is 10.7 Å². The molecular weight excluding hydrogens is 249 g/mol. The highest BCUT2D eigenvalue weighted by atomic mass is 79.9. The maximum atomic E-state index is 8.93. The van der Waals surface area contributed by atoms with Crippen molar-refractivity contribution in [1.29, 1.82) is 0 Å². The summed E-state index contributed by atoms with van der Waals surface area (Å²) >= 11 is 3.15. The molecule has 4 nitrogen and oxygen atoms in total. The maximum Gasteiger partial charge on any atom is 0.491 e. The molecule has 0 aromatic carbocycles. The van der Waals surface area contributed by atoms with Crippen LogP contribution in [0.25, 0.3) is 0 Å². The van der Waals surface area contributed by atoms with E-state index in [9.17, 15) is 0 Å². The van der Waals surface area contributed by atoms with Gasteiger partial charge in [-0.05, 0) is 28.8 Å². The number of pyridine rings is 1. The summed E-state index contributed by atoms with van der Waals surface area (Å²) in [4.78, 5) is 4.05. The Morgan fingerprint density at radius 2 is 2.14 bits per heavy atom. The Kier molecular flexibility index (Phi) is 2.76. The van der Waals surface area contributed by atoms with Crippen LogP contribution >= 0.6 is 15.9 Å². The second kappa shape index (κ2) is 3.88. The predicted molar refractivity (Wildman–Crippen MR) is 55.4 cm³/mol. The molecule has 2 rings (SSSR count). The highest BCUT2D eigenvalue weighted by Crippen LogP contribution is 2.25. The molecule has 1 saturated carbocycles. The molecule has 0 radical (unpaired) electrons. The summed E-state index contributed by atoms with van der Waals surface area (Å²) < 4.78 is 5.84. The van der Waals surface area contributed by atoms with Crippen LogP contribution in [-0.2, 0) is 0 Å². The summed E-state index contributed by atoms with van der Waals surface area (Å²) in [6.45, 7) is 0. The quantitative estimate of drug-likeness (QED) is 0.594. The maximum absolute atomic E-state index is 8.93. The van der Waals surface area contributed by atoms with Crippen molar-refractivity contribution in [3.8, 4) is 5.88 Å². The Morgan fingerprint density at radius 3 is 2.64 bits per heavy atom. The lowest BCUT2D eigenvalue weighted by Gasteiger charge is -2.06. The number of hydrogen-bond donors (Lipinski definition) is 2. The van der Waals surface area contributed by atoms with E-state index < -0.39 is 7.12 Å². The lowest BCUT2D eigenvalue weighted by atomic mass is 9.82. The highest BCUT2D eigenvalue weighted by molar-refractivity contribution is 9.10. The van der Waals surface area contributed by atoms with E-state index in [2.05, 4.69) is 20.9 Å². The summed E-state index contributed by atoms with van der Waals surface area (Å²) in [7, 11) is -1.51. The Morgan fingerprint density at radius 1 is 1.43 bits per heavy atom. The summed E-state index contributed by atoms with van der Waals surface area (Å²) in [5.74, 6) is 0.517. The summed E-state index contributed by atoms with van der Waals surface area (Å²) in [6, 6.07) is 3.22. The average molecular weight is 258 g/mol. The van der Waals surface area contributed by atoms with E-state index in [-0.39, 0.29) is 0 Å². The van der Waals surface area contributed by atoms with Gasteiger partial charge < -0.3 is 14.8 Å². The van der Waals surface area contributed by atoms with Crippen molar-refractivity contribution >= 4 is 28.5 Å². The molecule has 1 aromatic rings. The number of nitrogens with zero attached hydrogens (tertiary/aromatic N) is 1. The molecular formula is C8H9BBrNO3. The molecule has 1 heterocycles. The first-order chi connectivity index (χ1) is 6.66. The van der Waals surface area contributed by atoms with Crippen LogP contribution in [0.4, 0.5) is 0 Å². The minimum absolute atomic E-state index is 0.291. The fourth-order valence-corrected chi connectivity index (χ4v) is 1.55. The Hall–Kier alpha value is -0.585. The van der Waals surface area contributed by atoms with Crippen LogP contribution in [0.3, 0.4) is 0 Å². The largest absolute Gasteiger partial charge is 0.491 e. The Balaban J connectivity index is 2.16. The zero-order chi connectivity index (χ0) is 10.1. The van der Waals surface area contributed by atoms with Gasteiger partial charge in [0.2, 0.25) is 5.88 Å². The van der Waals surface area contributed by atoms with Gasteiger partial charge in [-0.25, -0.2) is 4.98 Å². The van der Waals surface area contributed by atoms with Gasteiger partial charge in [0, 0.05) is 11.5 Å². The highest BCUT2D eigenvalue weighted by Gasteiger charge is 2.24. The van der Waals surface area contributed by atoms with Gasteiger partial charge >= 0.3 is 7.12 Å². The molecule has 0 spiro atoms. The van der Waals surface area contributed by atoms with Crippen LogP contribution in [0.5, 0.6) is 5.88 Å². The molecule has 0 amide bonds. The third-order valence-corrected chi connectivity index (χ3v) is 2.58. The first-order valence-corrected chi connectivity index (χ1v) is 5.15. The molecule has 0 atom stereocenters. The molecule has 6 heteroatoms. The van der Waals surface area contributed by atoms with Gasteiger partial charge in [-0.1, -0.05) is 6.07 Å². The Labute approximate surface area is 90.2 Å². The standard InChI is InChI=1S/C8H9BBrNO3/c10-8-6(9(12)13)3-4-7(11-8)14-5-1-2-5/h3-5,12-13H,1-2H2. The molecule has 0 bridgehead atoms. The predicted octanol–water partition coefficient (Wildman–Crippen LogP) is 0.0651. The Bertz CT molecular complexity index is 343. The van der Waals surface area contributed by atoms with Crippen LogP contribution in [0.2, 0.25) is 0 Å². The molecule has 1 fully saturated rings. The first kappa shape index (κ1) is 9.95. The van der Waals surface area contributed by atoms with Crippen molar-refractivity contribution in [3.63, 3.8) is 0 Å². The molecule has 1 aliphatic rings. The number of hydrogen-bond acceptors (Lipinski definition) is 4. The van der Waals surface area contributed by atoms with Crippen molar-refractivity contribution < 1.29 is 14.8 Å². The van der Waals surface area contributed by atoms with E-state index in [4.69, 9.17) is 14.8 Å². The topological polar surface area (TPSA) is 62.6 Å². The van der Waals surface area contributed by atoms with Gasteiger partial charge in [-0.3, -0.25) is 0 Å². The number of rotatable bonds is 3. The second-order valence-electron chi connectivity index (χ2n) is 3.22. The van der Waals surface area contributed by atoms with Crippen LogP contribution in [-0.4, -0.2) is 28.3 Å². The molecule has 1 aliphatic carbocycles. The van der Waals surface area contributed by atoms with E-state index >= 15 is 0 Å². The minimum Gasteiger partial charge on any atom is -0.474 e. The van der Waals surface area contributed by atoms with E-state index in [0.29, 0.717) is 22.0 Å². The molecule has 14 heavy (non-hydrogen) atoms. The second-order valence-corrected chi connectivity index (χ2v) is 3.97. The summed E-state index contributed by atoms with van der Waals surface area (Å²) in [6.07, 6.45) is 2.44. The zero-order valence-electron chi connectivity index (χ0n) is 7.35. The van der Waals surface area contributed by atoms with E-state index in [0.717, 1.165) is 12.8 Å². The van der Waals surface area contributed by atoms with Crippen molar-refractivity contribution in [2.45, 2.75) is 18.9 Å². The van der Waals surface area contributed by atoms with Crippen LogP contribution in [0, 0.1) is 0 Å². The number of halogens is 1. The molecule has 2 N–H and O–H groups in total. The first-order valence-electron chi connectivity index (χ1n) is 4.36. The third-order valence-electron chi connectivity index (χ3n) is 1.94. The smallest absolute Gasteiger partial charge is 0.474 e. The molecule has 74 valence electrons. The van der Waals surface area contributed by atoms with E-state index in [1.165, 1.54) is 0 Å². The van der Waals surface area contributed by atoms with Crippen LogP contribution in [0.1, 0.15) is 12.8 Å². The van der Waals surface area contributed by atoms with Crippen molar-refractivity contribution in [2.75, 3.05) is 0 Å². The van der Waals surface area contributed by atoms with Crippen molar-refractivity contribution in [2.24, 2.45) is 0 Å². The fraction of sp³-hybridized carbons (Fsp3) is 0.375. The van der Waals surface area contributed by atoms with Crippen molar-refractivity contribution in [3.05, 3.63) is 16.7 Å². The number of aromatic nitrogens is 1. The summed E-state index contributed by atoms with van der Waals surface area (Å²) in [5, 5.41) is 17.9.